The van der Waals surface area contributed by atoms with Gasteiger partial charge in [0.2, 0.25) is 0 Å². The molecule has 8 N–H and O–H groups in total. The van der Waals surface area contributed by atoms with Gasteiger partial charge in [0.05, 0.1) is 24.2 Å². The van der Waals surface area contributed by atoms with Gasteiger partial charge in [-0.3, -0.25) is 19.2 Å². The maximum absolute atomic E-state index is 10.9. The van der Waals surface area contributed by atoms with Crippen molar-refractivity contribution in [1.29, 1.82) is 0 Å². The first kappa shape index (κ1) is 30.2. The number of rotatable bonds is 4. The molecule has 4 saturated heterocycles. The SMILES string of the molecule is CC1O[B-]2(NC1C(=O)O)NC(C(=O)O)C(C)O2.CC1O[B-]2(NC1C(=O)O)NC(C(=O)O)C(C)O2.[Ca+2]. The van der Waals surface area contributed by atoms with Crippen LogP contribution >= 0.6 is 0 Å². The van der Waals surface area contributed by atoms with Crippen LogP contribution in [0.4, 0.5) is 0 Å². The zero-order chi connectivity index (χ0) is 25.6. The number of carbonyl (C=O) groups is 4. The third-order valence-corrected chi connectivity index (χ3v) is 6.16. The molecule has 2 spiro atoms. The fourth-order valence-electron chi connectivity index (χ4n) is 4.57. The Balaban J connectivity index is 0.000000240. The van der Waals surface area contributed by atoms with E-state index in [1.807, 2.05) is 0 Å². The molecular formula is C16H28B2CaN4O12. The number of hydrogen-bond acceptors (Lipinski definition) is 12. The zero-order valence-corrected chi connectivity index (χ0v) is 21.7. The molecule has 8 unspecified atom stereocenters. The molecule has 0 saturated carbocycles. The molecule has 4 fully saturated rings. The van der Waals surface area contributed by atoms with E-state index in [4.69, 9.17) is 39.0 Å². The van der Waals surface area contributed by atoms with E-state index in [9.17, 15) is 19.2 Å². The van der Waals surface area contributed by atoms with Gasteiger partial charge in [0.25, 0.3) is 0 Å². The van der Waals surface area contributed by atoms with Gasteiger partial charge in [0.1, 0.15) is 0 Å². The van der Waals surface area contributed by atoms with Crippen molar-refractivity contribution in [1.82, 2.24) is 20.9 Å². The Morgan fingerprint density at radius 2 is 0.686 bits per heavy atom. The summed E-state index contributed by atoms with van der Waals surface area (Å²) in [6.07, 6.45) is -2.39. The van der Waals surface area contributed by atoms with E-state index in [2.05, 4.69) is 20.9 Å². The van der Waals surface area contributed by atoms with Crippen LogP contribution in [-0.2, 0) is 37.8 Å². The Hall–Kier alpha value is -1.05. The molecule has 16 nitrogen and oxygen atoms in total. The number of carboxylic acid groups (broad SMARTS) is 4. The van der Waals surface area contributed by atoms with Gasteiger partial charge in [-0.1, -0.05) is 0 Å². The van der Waals surface area contributed by atoms with Gasteiger partial charge in [-0.15, -0.1) is 0 Å². The summed E-state index contributed by atoms with van der Waals surface area (Å²) in [4.78, 5) is 43.7. The van der Waals surface area contributed by atoms with Gasteiger partial charge in [-0.05, 0) is 27.7 Å². The molecule has 0 aromatic rings. The van der Waals surface area contributed by atoms with Gasteiger partial charge in [-0.2, -0.15) is 0 Å². The van der Waals surface area contributed by atoms with Gasteiger partial charge >= 0.3 is 75.3 Å². The van der Waals surface area contributed by atoms with Crippen molar-refractivity contribution in [3.8, 4) is 0 Å². The van der Waals surface area contributed by atoms with E-state index in [1.165, 1.54) is 0 Å². The molecule has 4 rings (SSSR count). The number of hydrogen-bond donors (Lipinski definition) is 8. The van der Waals surface area contributed by atoms with Crippen LogP contribution in [0.25, 0.3) is 0 Å². The number of carboxylic acids is 4. The van der Waals surface area contributed by atoms with Gasteiger partial charge < -0.3 is 60.0 Å². The summed E-state index contributed by atoms with van der Waals surface area (Å²) in [6.45, 7) is 1.88. The molecule has 35 heavy (non-hydrogen) atoms. The molecule has 0 aromatic carbocycles. The minimum Gasteiger partial charge on any atom is -0.537 e. The van der Waals surface area contributed by atoms with Crippen LogP contribution in [0.3, 0.4) is 0 Å². The molecule has 192 valence electrons. The smallest absolute Gasteiger partial charge is 0.537 e. The Morgan fingerprint density at radius 1 is 0.514 bits per heavy atom. The van der Waals surface area contributed by atoms with Crippen molar-refractivity contribution in [2.75, 3.05) is 0 Å². The average Bonchev–Trinajstić information content (AvgIpc) is 3.41. The number of nitrogens with one attached hydrogen (secondary N) is 4. The first-order chi connectivity index (χ1) is 15.7. The van der Waals surface area contributed by atoms with Crippen LogP contribution in [0, 0.1) is 0 Å². The van der Waals surface area contributed by atoms with Gasteiger partial charge in [0.15, 0.2) is 0 Å². The summed E-state index contributed by atoms with van der Waals surface area (Å²) in [6, 6.07) is -3.66. The maximum atomic E-state index is 10.9. The van der Waals surface area contributed by atoms with Crippen LogP contribution in [0.2, 0.25) is 0 Å². The summed E-state index contributed by atoms with van der Waals surface area (Å²) in [5, 5.41) is 46.4. The zero-order valence-electron chi connectivity index (χ0n) is 19.5. The van der Waals surface area contributed by atoms with Gasteiger partial charge in [0, 0.05) is 24.4 Å². The molecule has 0 radical (unpaired) electrons. The second-order valence-electron chi connectivity index (χ2n) is 8.72. The molecule has 4 heterocycles. The Morgan fingerprint density at radius 3 is 0.800 bits per heavy atom. The van der Waals surface area contributed by atoms with E-state index in [1.54, 1.807) is 27.7 Å². The Kier molecular flexibility index (Phi) is 9.60. The van der Waals surface area contributed by atoms with Crippen molar-refractivity contribution in [3.05, 3.63) is 0 Å². The normalized spacial score (nSPS) is 44.0. The van der Waals surface area contributed by atoms with Crippen molar-refractivity contribution < 1.29 is 58.2 Å². The average molecular weight is 530 g/mol. The Bertz CT molecular complexity index is 734. The van der Waals surface area contributed by atoms with E-state index >= 15 is 0 Å². The van der Waals surface area contributed by atoms with Gasteiger partial charge in [-0.25, -0.2) is 0 Å². The van der Waals surface area contributed by atoms with E-state index in [0.717, 1.165) is 0 Å². The van der Waals surface area contributed by atoms with Crippen molar-refractivity contribution in [3.63, 3.8) is 0 Å². The molecule has 0 amide bonds. The predicted octanol–water partition coefficient (Wildman–Crippen LogP) is -3.69. The predicted molar refractivity (Wildman–Crippen MR) is 118 cm³/mol. The summed E-state index contributed by atoms with van der Waals surface area (Å²) in [7, 11) is 0. The first-order valence-electron chi connectivity index (χ1n) is 10.7. The molecular weight excluding hydrogens is 502 g/mol. The monoisotopic (exact) mass is 530 g/mol. The fraction of sp³-hybridized carbons (Fsp3) is 0.750. The first-order valence-corrected chi connectivity index (χ1v) is 10.7. The third kappa shape index (κ3) is 6.27. The van der Waals surface area contributed by atoms with Crippen LogP contribution in [-0.4, -0.2) is 144 Å². The van der Waals surface area contributed by atoms with Crippen LogP contribution in [0.1, 0.15) is 27.7 Å². The van der Waals surface area contributed by atoms with Crippen molar-refractivity contribution in [2.45, 2.75) is 76.3 Å². The van der Waals surface area contributed by atoms with E-state index in [-0.39, 0.29) is 37.7 Å². The quantitative estimate of drug-likeness (QED) is 0.163. The van der Waals surface area contributed by atoms with E-state index < -0.39 is 86.1 Å². The molecule has 4 aliphatic rings. The van der Waals surface area contributed by atoms with Crippen LogP contribution in [0.15, 0.2) is 0 Å². The maximum Gasteiger partial charge on any atom is 2.00 e. The minimum absolute atomic E-state index is 0. The molecule has 19 heteroatoms. The molecule has 0 aliphatic carbocycles. The third-order valence-electron chi connectivity index (χ3n) is 6.16. The van der Waals surface area contributed by atoms with E-state index in [0.29, 0.717) is 0 Å². The molecule has 0 aromatic heterocycles. The minimum atomic E-state index is -2.24. The largest absolute Gasteiger partial charge is 2.00 e. The molecule has 0 bridgehead atoms. The molecule has 4 aliphatic heterocycles. The summed E-state index contributed by atoms with van der Waals surface area (Å²) < 4.78 is 21.6. The van der Waals surface area contributed by atoms with Crippen LogP contribution in [0.5, 0.6) is 0 Å². The topological polar surface area (TPSA) is 234 Å². The van der Waals surface area contributed by atoms with Crippen molar-refractivity contribution >= 4 is 75.3 Å². The summed E-state index contributed by atoms with van der Waals surface area (Å²) in [5.41, 5.74) is 0. The fourth-order valence-corrected chi connectivity index (χ4v) is 4.57. The van der Waals surface area contributed by atoms with Crippen LogP contribution < -0.4 is 20.9 Å². The number of aliphatic carboxylic acids is 4. The summed E-state index contributed by atoms with van der Waals surface area (Å²) in [5.74, 6) is -4.25. The standard InChI is InChI=1S/2C8H14BN2O6.Ca/c2*1-3-5(7(12)13)10-9(16-3)11-6(8(14)15)4(2)17-9;/h2*3-6,10-11H,1-2H3,(H,12,13)(H,14,15);/q2*-1;+2. The second kappa shape index (κ2) is 11.1. The Labute approximate surface area is 229 Å². The second-order valence-corrected chi connectivity index (χ2v) is 8.72. The molecule has 8 atom stereocenters. The van der Waals surface area contributed by atoms with Crippen molar-refractivity contribution in [2.24, 2.45) is 0 Å². The summed E-state index contributed by atoms with van der Waals surface area (Å²) >= 11 is 0.